The van der Waals surface area contributed by atoms with Crippen molar-refractivity contribution in [2.24, 2.45) is 0 Å². The fourth-order valence-corrected chi connectivity index (χ4v) is 2.04. The van der Waals surface area contributed by atoms with Crippen LogP contribution in [0.1, 0.15) is 10.4 Å². The zero-order valence-corrected chi connectivity index (χ0v) is 14.6. The van der Waals surface area contributed by atoms with Gasteiger partial charge in [-0.2, -0.15) is 0 Å². The summed E-state index contributed by atoms with van der Waals surface area (Å²) >= 11 is 5.79. The number of benzene rings is 2. The van der Waals surface area contributed by atoms with Gasteiger partial charge >= 0.3 is 5.97 Å². The smallest absolute Gasteiger partial charge is 0.344 e. The normalized spacial score (nSPS) is 9.92. The average molecular weight is 378 g/mol. The molecule has 0 saturated heterocycles. The molecule has 0 bridgehead atoms. The highest BCUT2D eigenvalue weighted by molar-refractivity contribution is 6.30. The lowest BCUT2D eigenvalue weighted by molar-refractivity contribution is -0.150. The molecule has 2 amide bonds. The topological polar surface area (TPSA) is 90.9 Å². The Kier molecular flexibility index (Phi) is 6.99. The van der Waals surface area contributed by atoms with Gasteiger partial charge in [0.1, 0.15) is 11.5 Å². The first-order chi connectivity index (χ1) is 12.5. The van der Waals surface area contributed by atoms with Gasteiger partial charge in [-0.3, -0.25) is 14.9 Å². The van der Waals surface area contributed by atoms with Crippen LogP contribution >= 0.6 is 11.6 Å². The molecule has 0 spiro atoms. The van der Waals surface area contributed by atoms with Crippen LogP contribution in [-0.4, -0.2) is 38.1 Å². The summed E-state index contributed by atoms with van der Waals surface area (Å²) in [5.41, 5.74) is 0.273. The zero-order chi connectivity index (χ0) is 18.9. The quantitative estimate of drug-likeness (QED) is 0.744. The van der Waals surface area contributed by atoms with E-state index >= 15 is 0 Å². The minimum Gasteiger partial charge on any atom is -0.497 e. The minimum atomic E-state index is -0.753. The highest BCUT2D eigenvalue weighted by Crippen LogP contribution is 2.16. The number of amides is 2. The third-order valence-corrected chi connectivity index (χ3v) is 3.36. The Morgan fingerprint density at radius 3 is 2.38 bits per heavy atom. The number of esters is 1. The molecule has 0 atom stereocenters. The van der Waals surface area contributed by atoms with E-state index in [4.69, 9.17) is 25.8 Å². The van der Waals surface area contributed by atoms with Crippen LogP contribution in [0.25, 0.3) is 0 Å². The van der Waals surface area contributed by atoms with Gasteiger partial charge in [0.25, 0.3) is 11.8 Å². The highest BCUT2D eigenvalue weighted by atomic mass is 35.5. The van der Waals surface area contributed by atoms with E-state index in [1.54, 1.807) is 30.3 Å². The van der Waals surface area contributed by atoms with Crippen molar-refractivity contribution in [2.75, 3.05) is 20.3 Å². The summed E-state index contributed by atoms with van der Waals surface area (Å²) in [5.74, 6) is -1.13. The van der Waals surface area contributed by atoms with Gasteiger partial charge < -0.3 is 14.2 Å². The molecule has 1 N–H and O–H groups in total. The number of halogens is 1. The molecule has 26 heavy (non-hydrogen) atoms. The van der Waals surface area contributed by atoms with E-state index in [0.717, 1.165) is 0 Å². The third-order valence-electron chi connectivity index (χ3n) is 3.12. The van der Waals surface area contributed by atoms with Gasteiger partial charge in [0.15, 0.2) is 13.2 Å². The summed E-state index contributed by atoms with van der Waals surface area (Å²) < 4.78 is 14.9. The van der Waals surface area contributed by atoms with Crippen molar-refractivity contribution in [3.05, 3.63) is 59.1 Å². The molecule has 2 aromatic rings. The second-order valence-electron chi connectivity index (χ2n) is 5.01. The van der Waals surface area contributed by atoms with E-state index < -0.39 is 24.4 Å². The Morgan fingerprint density at radius 1 is 1.00 bits per heavy atom. The van der Waals surface area contributed by atoms with E-state index in [0.29, 0.717) is 16.5 Å². The maximum Gasteiger partial charge on any atom is 0.344 e. The molecular formula is C18H16ClNO6. The van der Waals surface area contributed by atoms with Crippen molar-refractivity contribution < 1.29 is 28.6 Å². The Hall–Kier alpha value is -3.06. The van der Waals surface area contributed by atoms with Gasteiger partial charge in [-0.05, 0) is 42.5 Å². The van der Waals surface area contributed by atoms with E-state index in [1.165, 1.54) is 25.3 Å². The fourth-order valence-electron chi connectivity index (χ4n) is 1.86. The molecule has 2 aromatic carbocycles. The van der Waals surface area contributed by atoms with E-state index in [1.807, 2.05) is 0 Å². The Labute approximate surface area is 154 Å². The van der Waals surface area contributed by atoms with Crippen LogP contribution in [0.4, 0.5) is 0 Å². The molecule has 136 valence electrons. The standard InChI is InChI=1S/C18H16ClNO6/c1-24-14-7-5-12(6-8-14)18(23)20-16(21)10-26-17(22)11-25-15-4-2-3-13(19)9-15/h2-9H,10-11H2,1H3,(H,20,21,23). The zero-order valence-electron chi connectivity index (χ0n) is 13.9. The SMILES string of the molecule is COc1ccc(C(=O)NC(=O)COC(=O)COc2cccc(Cl)c2)cc1. The summed E-state index contributed by atoms with van der Waals surface area (Å²) in [6, 6.07) is 12.7. The number of carbonyl (C=O) groups excluding carboxylic acids is 3. The number of hydrogen-bond acceptors (Lipinski definition) is 6. The van der Waals surface area contributed by atoms with E-state index in [9.17, 15) is 14.4 Å². The maximum atomic E-state index is 11.9. The van der Waals surface area contributed by atoms with Crippen molar-refractivity contribution in [2.45, 2.75) is 0 Å². The van der Waals surface area contributed by atoms with Crippen LogP contribution in [0.15, 0.2) is 48.5 Å². The molecule has 0 saturated carbocycles. The van der Waals surface area contributed by atoms with Gasteiger partial charge in [0.2, 0.25) is 0 Å². The molecule has 0 unspecified atom stereocenters. The molecule has 7 nitrogen and oxygen atoms in total. The molecule has 0 fully saturated rings. The van der Waals surface area contributed by atoms with Crippen LogP contribution < -0.4 is 14.8 Å². The van der Waals surface area contributed by atoms with Gasteiger partial charge in [0.05, 0.1) is 7.11 Å². The van der Waals surface area contributed by atoms with Crippen LogP contribution in [0.3, 0.4) is 0 Å². The van der Waals surface area contributed by atoms with Crippen molar-refractivity contribution in [3.8, 4) is 11.5 Å². The summed E-state index contributed by atoms with van der Waals surface area (Å²) in [6.45, 7) is -0.986. The predicted octanol–water partition coefficient (Wildman–Crippen LogP) is 2.23. The second kappa shape index (κ2) is 9.43. The van der Waals surface area contributed by atoms with Crippen LogP contribution in [0.2, 0.25) is 5.02 Å². The number of ether oxygens (including phenoxy) is 3. The summed E-state index contributed by atoms with van der Waals surface area (Å²) in [4.78, 5) is 35.1. The Balaban J connectivity index is 1.73. The van der Waals surface area contributed by atoms with Crippen molar-refractivity contribution in [1.82, 2.24) is 5.32 Å². The number of imide groups is 1. The molecule has 0 aliphatic carbocycles. The summed E-state index contributed by atoms with van der Waals surface area (Å²) in [7, 11) is 1.50. The second-order valence-corrected chi connectivity index (χ2v) is 5.45. The van der Waals surface area contributed by atoms with Gasteiger partial charge in [0, 0.05) is 10.6 Å². The summed E-state index contributed by atoms with van der Waals surface area (Å²) in [6.07, 6.45) is 0. The molecule has 0 heterocycles. The molecule has 0 radical (unpaired) electrons. The first-order valence-electron chi connectivity index (χ1n) is 7.50. The van der Waals surface area contributed by atoms with Crippen LogP contribution in [0.5, 0.6) is 11.5 Å². The van der Waals surface area contributed by atoms with Gasteiger partial charge in [-0.1, -0.05) is 17.7 Å². The number of nitrogens with one attached hydrogen (secondary N) is 1. The lowest BCUT2D eigenvalue weighted by Crippen LogP contribution is -2.34. The van der Waals surface area contributed by atoms with E-state index in [2.05, 4.69) is 5.32 Å². The summed E-state index contributed by atoms with van der Waals surface area (Å²) in [5, 5.41) is 2.58. The van der Waals surface area contributed by atoms with Crippen LogP contribution in [0, 0.1) is 0 Å². The van der Waals surface area contributed by atoms with E-state index in [-0.39, 0.29) is 12.2 Å². The fraction of sp³-hybridized carbons (Fsp3) is 0.167. The van der Waals surface area contributed by atoms with Crippen molar-refractivity contribution >= 4 is 29.4 Å². The van der Waals surface area contributed by atoms with Gasteiger partial charge in [-0.25, -0.2) is 4.79 Å². The molecule has 0 aliphatic rings. The van der Waals surface area contributed by atoms with Gasteiger partial charge in [-0.15, -0.1) is 0 Å². The van der Waals surface area contributed by atoms with Crippen molar-refractivity contribution in [1.29, 1.82) is 0 Å². The van der Waals surface area contributed by atoms with Crippen LogP contribution in [-0.2, 0) is 14.3 Å². The number of carbonyl (C=O) groups is 3. The predicted molar refractivity (Wildman–Crippen MR) is 93.4 cm³/mol. The number of hydrogen-bond donors (Lipinski definition) is 1. The largest absolute Gasteiger partial charge is 0.497 e. The minimum absolute atomic E-state index is 0.273. The Bertz CT molecular complexity index is 791. The lowest BCUT2D eigenvalue weighted by Gasteiger charge is -2.08. The maximum absolute atomic E-state index is 11.9. The third kappa shape index (κ3) is 6.10. The molecule has 0 aromatic heterocycles. The molecule has 0 aliphatic heterocycles. The van der Waals surface area contributed by atoms with Crippen molar-refractivity contribution in [3.63, 3.8) is 0 Å². The lowest BCUT2D eigenvalue weighted by atomic mass is 10.2. The molecule has 8 heteroatoms. The first kappa shape index (κ1) is 19.3. The monoisotopic (exact) mass is 377 g/mol. The molecule has 2 rings (SSSR count). The first-order valence-corrected chi connectivity index (χ1v) is 7.88. The average Bonchev–Trinajstić information content (AvgIpc) is 2.64. The Morgan fingerprint density at radius 2 is 1.73 bits per heavy atom. The highest BCUT2D eigenvalue weighted by Gasteiger charge is 2.13. The number of rotatable bonds is 7. The molecular weight excluding hydrogens is 362 g/mol. The number of methoxy groups -OCH3 is 1.